The largest absolute Gasteiger partial charge is 0.480 e. The molecule has 51 heavy (non-hydrogen) atoms. The van der Waals surface area contributed by atoms with Gasteiger partial charge in [-0.2, -0.15) is 0 Å². The summed E-state index contributed by atoms with van der Waals surface area (Å²) >= 11 is 0. The van der Waals surface area contributed by atoms with E-state index >= 15 is 0 Å². The summed E-state index contributed by atoms with van der Waals surface area (Å²) < 4.78 is 26.7. The number of rotatable bonds is 37. The number of amides is 1. The molecule has 0 bridgehead atoms. The molecule has 0 radical (unpaired) electrons. The van der Waals surface area contributed by atoms with Gasteiger partial charge in [0.15, 0.2) is 6.04 Å². The van der Waals surface area contributed by atoms with Gasteiger partial charge in [-0.15, -0.1) is 0 Å². The number of hydrogen-bond acceptors (Lipinski definition) is 8. The van der Waals surface area contributed by atoms with Gasteiger partial charge in [0.2, 0.25) is 5.91 Å². The van der Waals surface area contributed by atoms with Gasteiger partial charge >= 0.3 is 19.8 Å². The Hall–Kier alpha value is -2.04. The Morgan fingerprint density at radius 3 is 1.65 bits per heavy atom. The monoisotopic (exact) mass is 745 g/mol. The number of phosphoric ester groups is 1. The summed E-state index contributed by atoms with van der Waals surface area (Å²) in [4.78, 5) is 45.7. The number of carboxylic acid groups (broad SMARTS) is 1. The second-order valence-corrected chi connectivity index (χ2v) is 14.9. The van der Waals surface area contributed by atoms with Crippen molar-refractivity contribution in [2.75, 3.05) is 19.8 Å². The van der Waals surface area contributed by atoms with Crippen LogP contribution in [0.15, 0.2) is 24.3 Å². The number of ether oxygens (including phenoxy) is 1. The van der Waals surface area contributed by atoms with E-state index in [1.807, 2.05) is 0 Å². The summed E-state index contributed by atoms with van der Waals surface area (Å²) in [6.07, 6.45) is 33.4. The summed E-state index contributed by atoms with van der Waals surface area (Å²) in [5.41, 5.74) is 0. The zero-order valence-electron chi connectivity index (χ0n) is 31.9. The highest BCUT2D eigenvalue weighted by Crippen LogP contribution is 2.43. The van der Waals surface area contributed by atoms with Crippen LogP contribution < -0.4 is 5.32 Å². The van der Waals surface area contributed by atoms with Crippen LogP contribution in [-0.4, -0.2) is 64.9 Å². The van der Waals surface area contributed by atoms with E-state index in [0.29, 0.717) is 12.8 Å². The molecule has 0 aromatic heterocycles. The lowest BCUT2D eigenvalue weighted by Crippen LogP contribution is -2.43. The number of hydrogen-bond donors (Lipinski definition) is 4. The fraction of sp³-hybridized carbons (Fsp3) is 0.821. The Balaban J connectivity index is 3.96. The molecule has 0 aliphatic rings. The van der Waals surface area contributed by atoms with Gasteiger partial charge in [0.05, 0.1) is 13.2 Å². The van der Waals surface area contributed by atoms with Crippen LogP contribution in [0.5, 0.6) is 0 Å². The van der Waals surface area contributed by atoms with Crippen LogP contribution in [0.25, 0.3) is 0 Å². The number of allylic oxidation sites excluding steroid dienone is 4. The van der Waals surface area contributed by atoms with Crippen molar-refractivity contribution in [2.45, 2.75) is 187 Å². The molecule has 0 aromatic rings. The first-order valence-electron chi connectivity index (χ1n) is 19.9. The van der Waals surface area contributed by atoms with Crippen LogP contribution >= 0.6 is 7.82 Å². The highest BCUT2D eigenvalue weighted by atomic mass is 31.2. The molecule has 3 unspecified atom stereocenters. The summed E-state index contributed by atoms with van der Waals surface area (Å²) in [5.74, 6) is -2.38. The minimum atomic E-state index is -4.75. The molecule has 11 nitrogen and oxygen atoms in total. The molecule has 0 aromatic carbocycles. The Morgan fingerprint density at radius 2 is 1.10 bits per heavy atom. The number of nitrogens with one attached hydrogen (secondary N) is 1. The van der Waals surface area contributed by atoms with Gasteiger partial charge in [-0.1, -0.05) is 147 Å². The normalized spacial score (nSPS) is 14.1. The smallest absolute Gasteiger partial charge is 0.472 e. The fourth-order valence-corrected chi connectivity index (χ4v) is 6.10. The maximum Gasteiger partial charge on any atom is 0.472 e. The molecule has 0 rings (SSSR count). The number of aliphatic hydroxyl groups is 1. The second-order valence-electron chi connectivity index (χ2n) is 13.5. The molecule has 0 saturated heterocycles. The molecule has 12 heteroatoms. The van der Waals surface area contributed by atoms with E-state index in [1.165, 1.54) is 70.6 Å². The Kier molecular flexibility index (Phi) is 33.6. The molecular weight excluding hydrogens is 673 g/mol. The maximum absolute atomic E-state index is 12.2. The first-order chi connectivity index (χ1) is 24.6. The highest BCUT2D eigenvalue weighted by Gasteiger charge is 2.28. The fourth-order valence-electron chi connectivity index (χ4n) is 5.33. The van der Waals surface area contributed by atoms with Crippen molar-refractivity contribution in [1.29, 1.82) is 0 Å². The predicted molar refractivity (Wildman–Crippen MR) is 203 cm³/mol. The number of aliphatic hydroxyl groups excluding tert-OH is 1. The third-order valence-corrected chi connectivity index (χ3v) is 9.44. The lowest BCUT2D eigenvalue weighted by atomic mass is 10.0. The van der Waals surface area contributed by atoms with Crippen molar-refractivity contribution in [1.82, 2.24) is 5.32 Å². The zero-order valence-corrected chi connectivity index (χ0v) is 32.8. The summed E-state index contributed by atoms with van der Waals surface area (Å²) in [6.45, 7) is 2.52. The summed E-state index contributed by atoms with van der Waals surface area (Å²) in [7, 11) is -4.75. The van der Waals surface area contributed by atoms with Crippen molar-refractivity contribution in [2.24, 2.45) is 0 Å². The lowest BCUT2D eigenvalue weighted by Gasteiger charge is -2.18. The summed E-state index contributed by atoms with van der Waals surface area (Å²) in [6, 6.07) is -1.54. The average molecular weight is 746 g/mol. The molecule has 0 aliphatic heterocycles. The first-order valence-corrected chi connectivity index (χ1v) is 21.4. The van der Waals surface area contributed by atoms with Crippen molar-refractivity contribution >= 4 is 25.7 Å². The minimum Gasteiger partial charge on any atom is -0.480 e. The van der Waals surface area contributed by atoms with Crippen molar-refractivity contribution in [3.8, 4) is 0 Å². The van der Waals surface area contributed by atoms with Gasteiger partial charge in [0.1, 0.15) is 12.7 Å². The number of phosphoric acid groups is 1. The van der Waals surface area contributed by atoms with Crippen LogP contribution in [-0.2, 0) is 32.7 Å². The van der Waals surface area contributed by atoms with Crippen LogP contribution in [0, 0.1) is 0 Å². The van der Waals surface area contributed by atoms with Crippen LogP contribution in [0.2, 0.25) is 0 Å². The molecule has 3 atom stereocenters. The van der Waals surface area contributed by atoms with Gasteiger partial charge in [0, 0.05) is 12.8 Å². The number of carboxylic acids is 1. The summed E-state index contributed by atoms with van der Waals surface area (Å²) in [5, 5.41) is 21.7. The van der Waals surface area contributed by atoms with E-state index in [9.17, 15) is 34.1 Å². The number of aliphatic carboxylic acids is 1. The number of esters is 1. The molecular formula is C39H72NO10P. The number of carbonyl (C=O) groups is 3. The Labute approximate surface area is 309 Å². The standard InChI is InChI=1S/C39H72NO10P/c1-3-5-7-9-11-13-15-17-19-21-23-25-27-29-31-38(43)48-32-35(41)33-49-51(46,47)50-34-36(39(44)45)40-37(42)30-28-26-24-22-20-18-16-14-12-10-8-6-4-2/h9,11,15,17,35-36,41H,3-8,10,12-14,16,18-34H2,1-2H3,(H,40,42)(H,44,45)(H,46,47)/b11-9-,17-15-. The lowest BCUT2D eigenvalue weighted by molar-refractivity contribution is -0.147. The first kappa shape index (κ1) is 49.0. The van der Waals surface area contributed by atoms with Crippen LogP contribution in [0.3, 0.4) is 0 Å². The third-order valence-electron chi connectivity index (χ3n) is 8.49. The van der Waals surface area contributed by atoms with Gasteiger partial charge < -0.3 is 25.2 Å². The van der Waals surface area contributed by atoms with Gasteiger partial charge in [0.25, 0.3) is 0 Å². The van der Waals surface area contributed by atoms with E-state index in [1.54, 1.807) is 0 Å². The van der Waals surface area contributed by atoms with Gasteiger partial charge in [-0.25, -0.2) is 9.36 Å². The Morgan fingerprint density at radius 1 is 0.627 bits per heavy atom. The zero-order chi connectivity index (χ0) is 37.8. The van der Waals surface area contributed by atoms with E-state index < -0.39 is 57.6 Å². The van der Waals surface area contributed by atoms with Crippen molar-refractivity contribution in [3.05, 3.63) is 24.3 Å². The molecule has 1 amide bonds. The van der Waals surface area contributed by atoms with Crippen molar-refractivity contribution in [3.63, 3.8) is 0 Å². The van der Waals surface area contributed by atoms with E-state index in [2.05, 4.69) is 43.5 Å². The predicted octanol–water partition coefficient (Wildman–Crippen LogP) is 9.50. The molecule has 0 spiro atoms. The molecule has 0 fully saturated rings. The van der Waals surface area contributed by atoms with E-state index in [0.717, 1.165) is 64.2 Å². The van der Waals surface area contributed by atoms with E-state index in [-0.39, 0.29) is 12.8 Å². The quantitative estimate of drug-likeness (QED) is 0.0208. The number of carbonyl (C=O) groups excluding carboxylic acids is 2. The van der Waals surface area contributed by atoms with Gasteiger partial charge in [-0.05, 0) is 38.5 Å². The Bertz CT molecular complexity index is 974. The topological polar surface area (TPSA) is 169 Å². The molecule has 4 N–H and O–H groups in total. The maximum atomic E-state index is 12.2. The third kappa shape index (κ3) is 34.8. The van der Waals surface area contributed by atoms with Gasteiger partial charge in [-0.3, -0.25) is 18.6 Å². The minimum absolute atomic E-state index is 0.148. The average Bonchev–Trinajstić information content (AvgIpc) is 3.10. The molecule has 0 saturated carbocycles. The van der Waals surface area contributed by atoms with Crippen LogP contribution in [0.1, 0.15) is 174 Å². The molecule has 0 aliphatic carbocycles. The highest BCUT2D eigenvalue weighted by molar-refractivity contribution is 7.47. The molecule has 0 heterocycles. The molecule has 298 valence electrons. The van der Waals surface area contributed by atoms with Crippen molar-refractivity contribution < 1.29 is 47.8 Å². The number of unbranched alkanes of at least 4 members (excludes halogenated alkanes) is 19. The van der Waals surface area contributed by atoms with E-state index in [4.69, 9.17) is 13.8 Å². The SMILES string of the molecule is CCCC/C=C\C/C=C\CCCCCCCC(=O)OCC(O)COP(=O)(O)OCC(NC(=O)CCCCCCCCCCCCCCC)C(=O)O. The van der Waals surface area contributed by atoms with Crippen LogP contribution in [0.4, 0.5) is 0 Å². The second kappa shape index (κ2) is 35.0.